The van der Waals surface area contributed by atoms with Crippen LogP contribution in [0.1, 0.15) is 42.9 Å². The van der Waals surface area contributed by atoms with Crippen molar-refractivity contribution in [2.24, 2.45) is 0 Å². The summed E-state index contributed by atoms with van der Waals surface area (Å²) in [6.07, 6.45) is -1.53. The molecule has 0 saturated carbocycles. The highest BCUT2D eigenvalue weighted by molar-refractivity contribution is 6.15. The van der Waals surface area contributed by atoms with Crippen molar-refractivity contribution in [3.63, 3.8) is 0 Å². The molecule has 16 heavy (non-hydrogen) atoms. The molecule has 1 aromatic carbocycles. The Kier molecular flexibility index (Phi) is 2.30. The number of fused-ring (bicyclic) bond motifs is 1. The van der Waals surface area contributed by atoms with Crippen LogP contribution in [0.5, 0.6) is 0 Å². The van der Waals surface area contributed by atoms with E-state index in [1.54, 1.807) is 0 Å². The van der Waals surface area contributed by atoms with E-state index in [2.05, 4.69) is 4.74 Å². The van der Waals surface area contributed by atoms with Crippen LogP contribution < -0.4 is 0 Å². The molecule has 0 bridgehead atoms. The van der Waals surface area contributed by atoms with Crippen LogP contribution in [0.2, 0.25) is 0 Å². The second kappa shape index (κ2) is 3.51. The van der Waals surface area contributed by atoms with Crippen molar-refractivity contribution in [1.82, 2.24) is 0 Å². The second-order valence-corrected chi connectivity index (χ2v) is 3.20. The molecule has 0 spiro atoms. The van der Waals surface area contributed by atoms with Gasteiger partial charge in [0.25, 0.3) is 0 Å². The van der Waals surface area contributed by atoms with Crippen LogP contribution in [0.15, 0.2) is 12.1 Å². The zero-order chi connectivity index (χ0) is 11.9. The van der Waals surface area contributed by atoms with E-state index in [4.69, 9.17) is 10.2 Å². The first kappa shape index (κ1) is 10.5. The molecular formula is C10H6O6. The monoisotopic (exact) mass is 222 g/mol. The van der Waals surface area contributed by atoms with E-state index in [0.717, 1.165) is 12.1 Å². The first-order valence-electron chi connectivity index (χ1n) is 4.30. The first-order chi connectivity index (χ1) is 7.54. The highest BCUT2D eigenvalue weighted by Crippen LogP contribution is 2.26. The van der Waals surface area contributed by atoms with Crippen LogP contribution in [0.4, 0.5) is 0 Å². The minimum atomic E-state index is -1.89. The van der Waals surface area contributed by atoms with Gasteiger partial charge in [-0.15, -0.1) is 0 Å². The Balaban J connectivity index is 2.69. The summed E-state index contributed by atoms with van der Waals surface area (Å²) in [7, 11) is 0. The molecule has 0 unspecified atom stereocenters. The molecule has 82 valence electrons. The molecule has 1 heterocycles. The number of carbonyl (C=O) groups is 3. The largest absolute Gasteiger partial charge is 0.386 e. The number of hydrogen-bond acceptors (Lipinski definition) is 6. The summed E-state index contributed by atoms with van der Waals surface area (Å²) in [5.74, 6) is -1.71. The maximum Gasteiger partial charge on any atom is 0.346 e. The Morgan fingerprint density at radius 3 is 2.19 bits per heavy atom. The van der Waals surface area contributed by atoms with Crippen LogP contribution in [-0.4, -0.2) is 28.4 Å². The summed E-state index contributed by atoms with van der Waals surface area (Å²) in [5, 5.41) is 18.0. The van der Waals surface area contributed by atoms with Crippen molar-refractivity contribution in [2.75, 3.05) is 0 Å². The smallest absolute Gasteiger partial charge is 0.346 e. The Morgan fingerprint density at radius 1 is 1.12 bits per heavy atom. The fourth-order valence-corrected chi connectivity index (χ4v) is 1.49. The number of ether oxygens (including phenoxy) is 1. The van der Waals surface area contributed by atoms with Gasteiger partial charge in [0.15, 0.2) is 12.6 Å². The van der Waals surface area contributed by atoms with E-state index in [0.29, 0.717) is 6.29 Å². The maximum atomic E-state index is 11.2. The van der Waals surface area contributed by atoms with Gasteiger partial charge in [-0.3, -0.25) is 4.79 Å². The molecule has 0 aromatic heterocycles. The normalized spacial score (nSPS) is 13.9. The predicted octanol–water partition coefficient (Wildman–Crippen LogP) is -0.207. The molecular weight excluding hydrogens is 216 g/mol. The van der Waals surface area contributed by atoms with E-state index in [9.17, 15) is 14.4 Å². The Hall–Kier alpha value is -2.05. The third-order valence-electron chi connectivity index (χ3n) is 2.25. The number of aliphatic hydroxyl groups excluding tert-OH is 1. The number of carbonyl (C=O) groups excluding carboxylic acids is 3. The number of aliphatic hydroxyl groups is 2. The van der Waals surface area contributed by atoms with Crippen LogP contribution in [-0.2, 0) is 4.74 Å². The number of cyclic esters (lactones) is 2. The molecule has 2 rings (SSSR count). The first-order valence-corrected chi connectivity index (χ1v) is 4.30. The van der Waals surface area contributed by atoms with E-state index in [1.165, 1.54) is 0 Å². The minimum Gasteiger partial charge on any atom is -0.386 e. The van der Waals surface area contributed by atoms with Gasteiger partial charge in [0.05, 0.1) is 11.1 Å². The zero-order valence-corrected chi connectivity index (χ0v) is 7.84. The van der Waals surface area contributed by atoms with Crippen LogP contribution in [0.3, 0.4) is 0 Å². The van der Waals surface area contributed by atoms with Gasteiger partial charge in [-0.1, -0.05) is 0 Å². The Labute approximate surface area is 89.1 Å². The van der Waals surface area contributed by atoms with Gasteiger partial charge in [0.2, 0.25) is 0 Å². The Morgan fingerprint density at radius 2 is 1.69 bits per heavy atom. The summed E-state index contributed by atoms with van der Waals surface area (Å²) in [6.45, 7) is 0. The summed E-state index contributed by atoms with van der Waals surface area (Å²) in [4.78, 5) is 33.0. The lowest BCUT2D eigenvalue weighted by Crippen LogP contribution is -2.04. The van der Waals surface area contributed by atoms with E-state index in [1.807, 2.05) is 0 Å². The van der Waals surface area contributed by atoms with Gasteiger partial charge in [0, 0.05) is 11.1 Å². The van der Waals surface area contributed by atoms with Gasteiger partial charge in [-0.25, -0.2) is 9.59 Å². The zero-order valence-electron chi connectivity index (χ0n) is 7.84. The molecule has 0 amide bonds. The molecule has 1 aliphatic heterocycles. The van der Waals surface area contributed by atoms with Gasteiger partial charge >= 0.3 is 11.9 Å². The molecule has 1 aromatic rings. The number of esters is 2. The lowest BCUT2D eigenvalue weighted by molar-refractivity contribution is -0.0428. The molecule has 0 radical (unpaired) electrons. The number of benzene rings is 1. The van der Waals surface area contributed by atoms with Crippen molar-refractivity contribution in [3.8, 4) is 0 Å². The third-order valence-corrected chi connectivity index (χ3v) is 2.25. The SMILES string of the molecule is O=Cc1cc2c(cc1C(O)O)C(=O)OC2=O. The van der Waals surface area contributed by atoms with Gasteiger partial charge < -0.3 is 14.9 Å². The topological polar surface area (TPSA) is 101 Å². The van der Waals surface area contributed by atoms with Crippen molar-refractivity contribution in [3.05, 3.63) is 34.4 Å². The summed E-state index contributed by atoms with van der Waals surface area (Å²) in [5.41, 5.74) is -0.323. The van der Waals surface area contributed by atoms with E-state index >= 15 is 0 Å². The molecule has 1 aliphatic rings. The fraction of sp³-hybridized carbons (Fsp3) is 0.100. The number of hydrogen-bond donors (Lipinski definition) is 2. The molecule has 0 atom stereocenters. The highest BCUT2D eigenvalue weighted by Gasteiger charge is 2.31. The summed E-state index contributed by atoms with van der Waals surface area (Å²) >= 11 is 0. The van der Waals surface area contributed by atoms with Crippen LogP contribution >= 0.6 is 0 Å². The standard InChI is InChI=1S/C10H6O6/c11-3-4-1-6-7(2-5(4)8(12)13)10(15)16-9(6)14/h1-3,8,12-13H. The minimum absolute atomic E-state index is 0.0449. The summed E-state index contributed by atoms with van der Waals surface area (Å²) < 4.78 is 4.31. The van der Waals surface area contributed by atoms with Gasteiger partial charge in [0.1, 0.15) is 0 Å². The third kappa shape index (κ3) is 1.40. The van der Waals surface area contributed by atoms with Crippen molar-refractivity contribution < 1.29 is 29.3 Å². The Bertz CT molecular complexity index is 502. The highest BCUT2D eigenvalue weighted by atomic mass is 16.6. The van der Waals surface area contributed by atoms with Crippen molar-refractivity contribution in [2.45, 2.75) is 6.29 Å². The average Bonchev–Trinajstić information content (AvgIpc) is 2.52. The fourth-order valence-electron chi connectivity index (χ4n) is 1.49. The lowest BCUT2D eigenvalue weighted by atomic mass is 10.00. The lowest BCUT2D eigenvalue weighted by Gasteiger charge is -2.07. The number of aldehydes is 1. The molecule has 6 nitrogen and oxygen atoms in total. The van der Waals surface area contributed by atoms with E-state index in [-0.39, 0.29) is 22.3 Å². The van der Waals surface area contributed by atoms with Gasteiger partial charge in [-0.05, 0) is 12.1 Å². The molecule has 0 saturated heterocycles. The van der Waals surface area contributed by atoms with Crippen LogP contribution in [0, 0.1) is 0 Å². The number of rotatable bonds is 2. The predicted molar refractivity (Wildman–Crippen MR) is 48.8 cm³/mol. The molecule has 0 fully saturated rings. The maximum absolute atomic E-state index is 11.2. The molecule has 0 aliphatic carbocycles. The quantitative estimate of drug-likeness (QED) is 0.311. The molecule has 6 heteroatoms. The van der Waals surface area contributed by atoms with Crippen molar-refractivity contribution >= 4 is 18.2 Å². The van der Waals surface area contributed by atoms with E-state index < -0.39 is 18.2 Å². The summed E-state index contributed by atoms with van der Waals surface area (Å²) in [6, 6.07) is 2.17. The van der Waals surface area contributed by atoms with Crippen molar-refractivity contribution in [1.29, 1.82) is 0 Å². The second-order valence-electron chi connectivity index (χ2n) is 3.20. The van der Waals surface area contributed by atoms with Crippen LogP contribution in [0.25, 0.3) is 0 Å². The molecule has 2 N–H and O–H groups in total. The average molecular weight is 222 g/mol. The van der Waals surface area contributed by atoms with Gasteiger partial charge in [-0.2, -0.15) is 0 Å².